The van der Waals surface area contributed by atoms with Gasteiger partial charge in [-0.25, -0.2) is 19.3 Å². The highest BCUT2D eigenvalue weighted by Crippen LogP contribution is 2.28. The first-order valence-electron chi connectivity index (χ1n) is 11.4. The van der Waals surface area contributed by atoms with E-state index < -0.39 is 5.82 Å². The van der Waals surface area contributed by atoms with Crippen molar-refractivity contribution in [2.24, 2.45) is 0 Å². The monoisotopic (exact) mass is 494 g/mol. The van der Waals surface area contributed by atoms with Gasteiger partial charge in [0, 0.05) is 48.0 Å². The van der Waals surface area contributed by atoms with Crippen molar-refractivity contribution in [3.05, 3.63) is 65.3 Å². The maximum atomic E-state index is 14.6. The molecule has 4 aromatic rings. The smallest absolute Gasteiger partial charge is 0.254 e. The molecule has 3 aromatic heterocycles. The molecule has 1 fully saturated rings. The predicted molar refractivity (Wildman–Crippen MR) is 132 cm³/mol. The molecule has 1 unspecified atom stereocenters. The van der Waals surface area contributed by atoms with E-state index in [2.05, 4.69) is 25.3 Å². The zero-order chi connectivity index (χ0) is 24.4. The number of rotatable bonds is 6. The number of halogens is 2. The summed E-state index contributed by atoms with van der Waals surface area (Å²) in [6, 6.07) is 8.78. The molecular formula is C25H24ClFN6O2. The number of amides is 1. The fourth-order valence-electron chi connectivity index (χ4n) is 4.40. The Morgan fingerprint density at radius 3 is 3.03 bits per heavy atom. The summed E-state index contributed by atoms with van der Waals surface area (Å²) in [4.78, 5) is 31.0. The topological polar surface area (TPSA) is 96.0 Å². The number of hydrogen-bond donors (Lipinski definition) is 2. The molecule has 35 heavy (non-hydrogen) atoms. The summed E-state index contributed by atoms with van der Waals surface area (Å²) in [5.74, 6) is 0.427. The molecule has 1 atom stereocenters. The van der Waals surface area contributed by atoms with Crippen LogP contribution >= 0.6 is 11.6 Å². The molecular weight excluding hydrogens is 471 g/mol. The second kappa shape index (κ2) is 9.87. The number of nitrogens with one attached hydrogen (secondary N) is 2. The lowest BCUT2D eigenvalue weighted by Gasteiger charge is -2.36. The molecule has 1 aliphatic heterocycles. The average molecular weight is 495 g/mol. The number of fused-ring (bicyclic) bond motifs is 1. The standard InChI is InChI=1S/C25H24ClFN6O2/c1-35-18-7-4-5-15(9-18)25(34)33-8-3-2-6-17(33)12-29-24-21(27)14-31-23(32-24)20-13-30-22-19(20)10-16(26)11-28-22/h4-5,7,9-11,13-14,17H,2-3,6,8,12H2,1H3,(H,28,30)(H,29,31,32). The maximum Gasteiger partial charge on any atom is 0.254 e. The number of anilines is 1. The minimum absolute atomic E-state index is 0.0672. The molecule has 1 saturated heterocycles. The first kappa shape index (κ1) is 23.0. The Morgan fingerprint density at radius 1 is 1.29 bits per heavy atom. The number of aromatic amines is 1. The number of piperidine rings is 1. The predicted octanol–water partition coefficient (Wildman–Crippen LogP) is 4.93. The number of carbonyl (C=O) groups excluding carboxylic acids is 1. The summed E-state index contributed by atoms with van der Waals surface area (Å²) in [6.45, 7) is 1.01. The van der Waals surface area contributed by atoms with Gasteiger partial charge in [-0.3, -0.25) is 4.79 Å². The van der Waals surface area contributed by atoms with E-state index in [1.54, 1.807) is 49.8 Å². The fraction of sp³-hybridized carbons (Fsp3) is 0.280. The molecule has 4 heterocycles. The number of ether oxygens (including phenoxy) is 1. The van der Waals surface area contributed by atoms with Crippen LogP contribution in [0.2, 0.25) is 5.02 Å². The van der Waals surface area contributed by atoms with Crippen LogP contribution in [0.5, 0.6) is 5.75 Å². The van der Waals surface area contributed by atoms with Crippen LogP contribution in [0.3, 0.4) is 0 Å². The molecule has 0 spiro atoms. The zero-order valence-corrected chi connectivity index (χ0v) is 19.8. The van der Waals surface area contributed by atoms with Crippen LogP contribution in [0.1, 0.15) is 29.6 Å². The number of carbonyl (C=O) groups is 1. The summed E-state index contributed by atoms with van der Waals surface area (Å²) in [5.41, 5.74) is 1.88. The van der Waals surface area contributed by atoms with E-state index in [-0.39, 0.29) is 17.8 Å². The van der Waals surface area contributed by atoms with Crippen LogP contribution in [0.4, 0.5) is 10.2 Å². The minimum Gasteiger partial charge on any atom is -0.497 e. The van der Waals surface area contributed by atoms with Crippen molar-refractivity contribution < 1.29 is 13.9 Å². The highest BCUT2D eigenvalue weighted by molar-refractivity contribution is 6.31. The molecule has 1 aliphatic rings. The fourth-order valence-corrected chi connectivity index (χ4v) is 4.56. The lowest BCUT2D eigenvalue weighted by Crippen LogP contribution is -2.47. The molecule has 5 rings (SSSR count). The van der Waals surface area contributed by atoms with Crippen LogP contribution in [0, 0.1) is 5.82 Å². The van der Waals surface area contributed by atoms with E-state index in [0.717, 1.165) is 30.8 Å². The Bertz CT molecular complexity index is 1380. The van der Waals surface area contributed by atoms with Crippen LogP contribution in [0.15, 0.2) is 48.9 Å². The van der Waals surface area contributed by atoms with Crippen molar-refractivity contribution >= 4 is 34.4 Å². The van der Waals surface area contributed by atoms with E-state index in [4.69, 9.17) is 16.3 Å². The summed E-state index contributed by atoms with van der Waals surface area (Å²) in [5, 5.41) is 4.34. The van der Waals surface area contributed by atoms with Gasteiger partial charge in [-0.2, -0.15) is 0 Å². The average Bonchev–Trinajstić information content (AvgIpc) is 3.31. The van der Waals surface area contributed by atoms with Crippen molar-refractivity contribution in [3.63, 3.8) is 0 Å². The quantitative estimate of drug-likeness (QED) is 0.394. The molecule has 0 aliphatic carbocycles. The minimum atomic E-state index is -0.564. The van der Waals surface area contributed by atoms with Gasteiger partial charge in [-0.1, -0.05) is 17.7 Å². The SMILES string of the molecule is COc1cccc(C(=O)N2CCCCC2CNc2nc(-c3c[nH]c4ncc(Cl)cc34)ncc2F)c1. The number of benzene rings is 1. The largest absolute Gasteiger partial charge is 0.497 e. The number of H-pyrrole nitrogens is 1. The molecule has 1 aromatic carbocycles. The van der Waals surface area contributed by atoms with Gasteiger partial charge < -0.3 is 19.9 Å². The number of aromatic nitrogens is 4. The second-order valence-corrected chi connectivity index (χ2v) is 8.84. The lowest BCUT2D eigenvalue weighted by atomic mass is 10.0. The maximum absolute atomic E-state index is 14.6. The highest BCUT2D eigenvalue weighted by atomic mass is 35.5. The lowest BCUT2D eigenvalue weighted by molar-refractivity contribution is 0.0628. The van der Waals surface area contributed by atoms with Crippen molar-refractivity contribution in [2.45, 2.75) is 25.3 Å². The van der Waals surface area contributed by atoms with Crippen LogP contribution < -0.4 is 10.1 Å². The van der Waals surface area contributed by atoms with Crippen molar-refractivity contribution in [1.29, 1.82) is 0 Å². The Balaban J connectivity index is 1.36. The highest BCUT2D eigenvalue weighted by Gasteiger charge is 2.28. The number of pyridine rings is 1. The van der Waals surface area contributed by atoms with Crippen molar-refractivity contribution in [1.82, 2.24) is 24.8 Å². The van der Waals surface area contributed by atoms with Crippen molar-refractivity contribution in [3.8, 4) is 17.1 Å². The molecule has 0 bridgehead atoms. The number of methoxy groups -OCH3 is 1. The molecule has 8 nitrogen and oxygen atoms in total. The first-order chi connectivity index (χ1) is 17.0. The Labute approximate surface area is 206 Å². The van der Waals surface area contributed by atoms with E-state index in [1.807, 2.05) is 4.90 Å². The van der Waals surface area contributed by atoms with Gasteiger partial charge in [0.05, 0.1) is 18.3 Å². The molecule has 0 saturated carbocycles. The molecule has 0 radical (unpaired) electrons. The van der Waals surface area contributed by atoms with Crippen LogP contribution in [-0.4, -0.2) is 57.0 Å². The van der Waals surface area contributed by atoms with Crippen LogP contribution in [-0.2, 0) is 0 Å². The van der Waals surface area contributed by atoms with Gasteiger partial charge in [0.1, 0.15) is 11.4 Å². The summed E-state index contributed by atoms with van der Waals surface area (Å²) in [6.07, 6.45) is 7.15. The number of likely N-dealkylation sites (tertiary alicyclic amines) is 1. The van der Waals surface area contributed by atoms with E-state index in [9.17, 15) is 9.18 Å². The Morgan fingerprint density at radius 2 is 2.17 bits per heavy atom. The third kappa shape index (κ3) is 4.77. The molecule has 180 valence electrons. The molecule has 2 N–H and O–H groups in total. The van der Waals surface area contributed by atoms with Crippen molar-refractivity contribution in [2.75, 3.05) is 25.5 Å². The van der Waals surface area contributed by atoms with Crippen LogP contribution in [0.25, 0.3) is 22.4 Å². The molecule has 1 amide bonds. The number of hydrogen-bond acceptors (Lipinski definition) is 6. The molecule has 10 heteroatoms. The second-order valence-electron chi connectivity index (χ2n) is 8.40. The van der Waals surface area contributed by atoms with E-state index in [0.29, 0.717) is 46.5 Å². The first-order valence-corrected chi connectivity index (χ1v) is 11.8. The zero-order valence-electron chi connectivity index (χ0n) is 19.1. The van der Waals surface area contributed by atoms with Gasteiger partial charge in [0.2, 0.25) is 0 Å². The summed E-state index contributed by atoms with van der Waals surface area (Å²) in [7, 11) is 1.57. The van der Waals surface area contributed by atoms with Gasteiger partial charge in [0.25, 0.3) is 5.91 Å². The van der Waals surface area contributed by atoms with E-state index in [1.165, 1.54) is 0 Å². The number of nitrogens with zero attached hydrogens (tertiary/aromatic N) is 4. The van der Waals surface area contributed by atoms with Gasteiger partial charge in [-0.15, -0.1) is 0 Å². The Kier molecular flexibility index (Phi) is 6.50. The summed E-state index contributed by atoms with van der Waals surface area (Å²) >= 11 is 6.10. The van der Waals surface area contributed by atoms with Gasteiger partial charge >= 0.3 is 0 Å². The van der Waals surface area contributed by atoms with E-state index >= 15 is 0 Å². The third-order valence-corrected chi connectivity index (χ3v) is 6.40. The third-order valence-electron chi connectivity index (χ3n) is 6.19. The van der Waals surface area contributed by atoms with Gasteiger partial charge in [0.15, 0.2) is 17.5 Å². The Hall–Kier alpha value is -3.72. The normalized spacial score (nSPS) is 15.9. The van der Waals surface area contributed by atoms with Gasteiger partial charge in [-0.05, 0) is 43.5 Å². The summed E-state index contributed by atoms with van der Waals surface area (Å²) < 4.78 is 19.9.